The summed E-state index contributed by atoms with van der Waals surface area (Å²) in [6.07, 6.45) is 2.38. The summed E-state index contributed by atoms with van der Waals surface area (Å²) in [5.74, 6) is 0.205. The smallest absolute Gasteiger partial charge is 0.387 e. The molecule has 1 aromatic carbocycles. The molecular formula is C11H11BrF2O. The Labute approximate surface area is 95.9 Å². The molecule has 0 heterocycles. The standard InChI is InChI=1S/C11H11BrF2O/c1-2-5-9(12)8-6-3-4-7-10(8)15-11(13)14/h2-4,6-7,9,11H,1,5H2. The van der Waals surface area contributed by atoms with Gasteiger partial charge in [-0.3, -0.25) is 0 Å². The van der Waals surface area contributed by atoms with Gasteiger partial charge in [0.25, 0.3) is 0 Å². The van der Waals surface area contributed by atoms with Crippen molar-refractivity contribution in [1.82, 2.24) is 0 Å². The Morgan fingerprint density at radius 3 is 2.67 bits per heavy atom. The molecule has 4 heteroatoms. The molecule has 1 aromatic rings. The van der Waals surface area contributed by atoms with E-state index < -0.39 is 6.61 Å². The number of benzene rings is 1. The van der Waals surface area contributed by atoms with E-state index >= 15 is 0 Å². The Bertz CT molecular complexity index is 328. The van der Waals surface area contributed by atoms with Gasteiger partial charge in [-0.05, 0) is 12.5 Å². The first-order valence-corrected chi connectivity index (χ1v) is 5.35. The van der Waals surface area contributed by atoms with E-state index in [1.165, 1.54) is 6.07 Å². The maximum absolute atomic E-state index is 12.1. The van der Waals surface area contributed by atoms with Crippen molar-refractivity contribution in [3.8, 4) is 5.75 Å². The Morgan fingerprint density at radius 2 is 2.07 bits per heavy atom. The Morgan fingerprint density at radius 1 is 1.40 bits per heavy atom. The topological polar surface area (TPSA) is 9.23 Å². The second kappa shape index (κ2) is 5.85. The van der Waals surface area contributed by atoms with Gasteiger partial charge in [-0.15, -0.1) is 6.58 Å². The van der Waals surface area contributed by atoms with Crippen molar-refractivity contribution in [2.24, 2.45) is 0 Å². The number of allylic oxidation sites excluding steroid dienone is 1. The maximum atomic E-state index is 12.1. The maximum Gasteiger partial charge on any atom is 0.387 e. The summed E-state index contributed by atoms with van der Waals surface area (Å²) in [5.41, 5.74) is 0.706. The lowest BCUT2D eigenvalue weighted by Gasteiger charge is -2.13. The van der Waals surface area contributed by atoms with Gasteiger partial charge in [-0.25, -0.2) is 0 Å². The number of hydrogen-bond acceptors (Lipinski definition) is 1. The number of alkyl halides is 3. The molecule has 0 aromatic heterocycles. The highest BCUT2D eigenvalue weighted by Crippen LogP contribution is 2.34. The molecule has 1 rings (SSSR count). The molecule has 1 nitrogen and oxygen atoms in total. The van der Waals surface area contributed by atoms with E-state index in [0.29, 0.717) is 12.0 Å². The minimum Gasteiger partial charge on any atom is -0.435 e. The lowest BCUT2D eigenvalue weighted by molar-refractivity contribution is -0.0504. The minimum absolute atomic E-state index is 0.0510. The van der Waals surface area contributed by atoms with Crippen molar-refractivity contribution in [2.45, 2.75) is 17.9 Å². The summed E-state index contributed by atoms with van der Waals surface area (Å²) in [5, 5.41) is 0. The van der Waals surface area contributed by atoms with E-state index in [-0.39, 0.29) is 10.6 Å². The fraction of sp³-hybridized carbons (Fsp3) is 0.273. The largest absolute Gasteiger partial charge is 0.435 e. The minimum atomic E-state index is -2.80. The van der Waals surface area contributed by atoms with Gasteiger partial charge in [0, 0.05) is 10.4 Å². The second-order valence-corrected chi connectivity index (χ2v) is 4.01. The highest BCUT2D eigenvalue weighted by atomic mass is 79.9. The molecule has 0 spiro atoms. The van der Waals surface area contributed by atoms with E-state index in [0.717, 1.165) is 0 Å². The molecule has 15 heavy (non-hydrogen) atoms. The first-order valence-electron chi connectivity index (χ1n) is 4.44. The van der Waals surface area contributed by atoms with Crippen LogP contribution >= 0.6 is 15.9 Å². The summed E-state index contributed by atoms with van der Waals surface area (Å²) in [7, 11) is 0. The highest BCUT2D eigenvalue weighted by molar-refractivity contribution is 9.09. The predicted molar refractivity (Wildman–Crippen MR) is 59.6 cm³/mol. The first-order chi connectivity index (χ1) is 7.15. The summed E-state index contributed by atoms with van der Waals surface area (Å²) in [6, 6.07) is 6.72. The molecule has 0 bridgehead atoms. The van der Waals surface area contributed by atoms with E-state index in [1.54, 1.807) is 24.3 Å². The third-order valence-corrected chi connectivity index (χ3v) is 2.71. The summed E-state index contributed by atoms with van der Waals surface area (Å²) in [6.45, 7) is 0.801. The summed E-state index contributed by atoms with van der Waals surface area (Å²) < 4.78 is 28.6. The van der Waals surface area contributed by atoms with Crippen LogP contribution in [-0.2, 0) is 0 Å². The van der Waals surface area contributed by atoms with Crippen LogP contribution in [0.5, 0.6) is 5.75 Å². The monoisotopic (exact) mass is 276 g/mol. The van der Waals surface area contributed by atoms with Crippen LogP contribution in [0, 0.1) is 0 Å². The lowest BCUT2D eigenvalue weighted by Crippen LogP contribution is -2.05. The molecule has 0 aliphatic carbocycles. The van der Waals surface area contributed by atoms with Crippen LogP contribution < -0.4 is 4.74 Å². The van der Waals surface area contributed by atoms with Gasteiger partial charge in [0.2, 0.25) is 0 Å². The van der Waals surface area contributed by atoms with E-state index in [1.807, 2.05) is 0 Å². The number of para-hydroxylation sites is 1. The SMILES string of the molecule is C=CCC(Br)c1ccccc1OC(F)F. The van der Waals surface area contributed by atoms with Gasteiger partial charge >= 0.3 is 6.61 Å². The number of ether oxygens (including phenoxy) is 1. The number of rotatable bonds is 5. The zero-order chi connectivity index (χ0) is 11.3. The van der Waals surface area contributed by atoms with Crippen LogP contribution in [0.15, 0.2) is 36.9 Å². The number of halogens is 3. The van der Waals surface area contributed by atoms with Crippen molar-refractivity contribution >= 4 is 15.9 Å². The molecule has 0 saturated heterocycles. The van der Waals surface area contributed by atoms with Gasteiger partial charge in [0.15, 0.2) is 0 Å². The van der Waals surface area contributed by atoms with Crippen LogP contribution in [0.25, 0.3) is 0 Å². The van der Waals surface area contributed by atoms with Crippen molar-refractivity contribution in [3.05, 3.63) is 42.5 Å². The van der Waals surface area contributed by atoms with Crippen molar-refractivity contribution in [3.63, 3.8) is 0 Å². The third kappa shape index (κ3) is 3.63. The van der Waals surface area contributed by atoms with E-state index in [9.17, 15) is 8.78 Å². The fourth-order valence-corrected chi connectivity index (χ4v) is 1.86. The van der Waals surface area contributed by atoms with Crippen LogP contribution in [0.4, 0.5) is 8.78 Å². The summed E-state index contributed by atoms with van der Waals surface area (Å²) >= 11 is 3.39. The molecule has 82 valence electrons. The molecule has 0 aliphatic heterocycles. The quantitative estimate of drug-likeness (QED) is 0.576. The third-order valence-electron chi connectivity index (χ3n) is 1.85. The second-order valence-electron chi connectivity index (χ2n) is 2.91. The van der Waals surface area contributed by atoms with Crippen LogP contribution in [-0.4, -0.2) is 6.61 Å². The van der Waals surface area contributed by atoms with Crippen LogP contribution in [0.3, 0.4) is 0 Å². The molecule has 0 saturated carbocycles. The molecule has 1 atom stereocenters. The van der Waals surface area contributed by atoms with Crippen molar-refractivity contribution in [1.29, 1.82) is 0 Å². The molecule has 0 fully saturated rings. The Hall–Kier alpha value is -0.900. The average molecular weight is 277 g/mol. The normalized spacial score (nSPS) is 12.5. The molecule has 0 N–H and O–H groups in total. The first kappa shape index (κ1) is 12.2. The molecule has 1 unspecified atom stereocenters. The van der Waals surface area contributed by atoms with E-state index in [2.05, 4.69) is 27.2 Å². The lowest BCUT2D eigenvalue weighted by atomic mass is 10.1. The van der Waals surface area contributed by atoms with Gasteiger partial charge in [0.1, 0.15) is 5.75 Å². The van der Waals surface area contributed by atoms with Gasteiger partial charge in [0.05, 0.1) is 0 Å². The van der Waals surface area contributed by atoms with Crippen LogP contribution in [0.1, 0.15) is 16.8 Å². The predicted octanol–water partition coefficient (Wildman–Crippen LogP) is 4.30. The Kier molecular flexibility index (Phi) is 4.75. The summed E-state index contributed by atoms with van der Waals surface area (Å²) in [4.78, 5) is -0.0510. The molecule has 0 aliphatic rings. The Balaban J connectivity index is 2.89. The molecule has 0 amide bonds. The zero-order valence-corrected chi connectivity index (χ0v) is 9.58. The van der Waals surface area contributed by atoms with Gasteiger partial charge < -0.3 is 4.74 Å². The zero-order valence-electron chi connectivity index (χ0n) is 8.00. The fourth-order valence-electron chi connectivity index (χ4n) is 1.22. The van der Waals surface area contributed by atoms with E-state index in [4.69, 9.17) is 0 Å². The molecular weight excluding hydrogens is 266 g/mol. The van der Waals surface area contributed by atoms with Crippen LogP contribution in [0.2, 0.25) is 0 Å². The number of hydrogen-bond donors (Lipinski definition) is 0. The van der Waals surface area contributed by atoms with Crippen molar-refractivity contribution < 1.29 is 13.5 Å². The highest BCUT2D eigenvalue weighted by Gasteiger charge is 2.14. The van der Waals surface area contributed by atoms with Gasteiger partial charge in [-0.2, -0.15) is 8.78 Å². The van der Waals surface area contributed by atoms with Crippen molar-refractivity contribution in [2.75, 3.05) is 0 Å². The average Bonchev–Trinajstić information content (AvgIpc) is 2.18. The van der Waals surface area contributed by atoms with Gasteiger partial charge in [-0.1, -0.05) is 40.2 Å². The molecule has 0 radical (unpaired) electrons.